The number of hydrogen-bond acceptors (Lipinski definition) is 3. The maximum Gasteiger partial charge on any atom is 0.184 e. The van der Waals surface area contributed by atoms with Gasteiger partial charge in [-0.05, 0) is 12.1 Å². The third kappa shape index (κ3) is 1.71. The molecule has 0 aliphatic carbocycles. The van der Waals surface area contributed by atoms with Crippen LogP contribution in [0.15, 0.2) is 24.4 Å². The van der Waals surface area contributed by atoms with Gasteiger partial charge in [0, 0.05) is 0 Å². The molecule has 0 unspecified atom stereocenters. The summed E-state index contributed by atoms with van der Waals surface area (Å²) < 4.78 is 27.2. The number of benzene rings is 1. The number of hydrogen-bond donors (Lipinski definition) is 1. The molecular weight excluding hydrogens is 204 g/mol. The van der Waals surface area contributed by atoms with Crippen molar-refractivity contribution in [2.45, 2.75) is 6.61 Å². The average molecular weight is 211 g/mol. The summed E-state index contributed by atoms with van der Waals surface area (Å²) in [6, 6.07) is 3.75. The van der Waals surface area contributed by atoms with Crippen LogP contribution in [-0.4, -0.2) is 20.1 Å². The van der Waals surface area contributed by atoms with E-state index in [0.717, 1.165) is 10.7 Å². The van der Waals surface area contributed by atoms with E-state index in [1.54, 1.807) is 0 Å². The number of halogens is 2. The maximum atomic E-state index is 13.3. The van der Waals surface area contributed by atoms with Crippen LogP contribution in [0.1, 0.15) is 5.69 Å². The average Bonchev–Trinajstić information content (AvgIpc) is 2.70. The van der Waals surface area contributed by atoms with E-state index in [0.29, 0.717) is 5.69 Å². The lowest BCUT2D eigenvalue weighted by Gasteiger charge is -2.01. The van der Waals surface area contributed by atoms with Gasteiger partial charge in [0.25, 0.3) is 0 Å². The van der Waals surface area contributed by atoms with Crippen LogP contribution in [0.3, 0.4) is 0 Å². The van der Waals surface area contributed by atoms with Crippen LogP contribution in [0.4, 0.5) is 8.78 Å². The Morgan fingerprint density at radius 3 is 2.80 bits per heavy atom. The first-order chi connectivity index (χ1) is 7.22. The van der Waals surface area contributed by atoms with Gasteiger partial charge in [0.1, 0.15) is 11.4 Å². The molecule has 2 aromatic rings. The summed E-state index contributed by atoms with van der Waals surface area (Å²) in [6.45, 7) is -0.295. The van der Waals surface area contributed by atoms with Crippen molar-refractivity contribution < 1.29 is 13.9 Å². The number of aromatic nitrogens is 3. The molecule has 0 fully saturated rings. The Bertz CT molecular complexity index is 484. The Hall–Kier alpha value is -1.82. The van der Waals surface area contributed by atoms with Crippen LogP contribution in [-0.2, 0) is 6.61 Å². The molecular formula is C9H7F2N3O. The Morgan fingerprint density at radius 1 is 1.33 bits per heavy atom. The highest BCUT2D eigenvalue weighted by Gasteiger charge is 2.10. The van der Waals surface area contributed by atoms with Crippen LogP contribution in [0, 0.1) is 11.6 Å². The molecule has 1 N–H and O–H groups in total. The van der Waals surface area contributed by atoms with Gasteiger partial charge in [-0.3, -0.25) is 0 Å². The van der Waals surface area contributed by atoms with Crippen LogP contribution in [0.25, 0.3) is 5.69 Å². The third-order valence-electron chi connectivity index (χ3n) is 1.88. The molecule has 2 rings (SSSR count). The smallest absolute Gasteiger partial charge is 0.184 e. The van der Waals surface area contributed by atoms with Crippen molar-refractivity contribution in [3.8, 4) is 5.69 Å². The Labute approximate surface area is 83.8 Å². The second kappa shape index (κ2) is 3.74. The first-order valence-electron chi connectivity index (χ1n) is 4.19. The highest BCUT2D eigenvalue weighted by atomic mass is 19.2. The zero-order valence-corrected chi connectivity index (χ0v) is 7.56. The number of aliphatic hydroxyl groups excluding tert-OH is 1. The molecule has 0 spiro atoms. The van der Waals surface area contributed by atoms with Crippen molar-refractivity contribution in [2.75, 3.05) is 0 Å². The Morgan fingerprint density at radius 2 is 2.13 bits per heavy atom. The summed E-state index contributed by atoms with van der Waals surface area (Å²) >= 11 is 0. The highest BCUT2D eigenvalue weighted by Crippen LogP contribution is 2.15. The minimum Gasteiger partial charge on any atom is -0.390 e. The van der Waals surface area contributed by atoms with E-state index in [2.05, 4.69) is 10.3 Å². The van der Waals surface area contributed by atoms with Gasteiger partial charge in [0.2, 0.25) is 0 Å². The van der Waals surface area contributed by atoms with E-state index < -0.39 is 11.6 Å². The molecule has 1 aromatic heterocycles. The Balaban J connectivity index is 2.49. The molecule has 1 aromatic carbocycles. The lowest BCUT2D eigenvalue weighted by atomic mass is 10.3. The van der Waals surface area contributed by atoms with E-state index in [-0.39, 0.29) is 12.3 Å². The van der Waals surface area contributed by atoms with E-state index >= 15 is 0 Å². The highest BCUT2D eigenvalue weighted by molar-refractivity contribution is 5.33. The summed E-state index contributed by atoms with van der Waals surface area (Å²) in [5, 5.41) is 15.9. The molecule has 6 heteroatoms. The van der Waals surface area contributed by atoms with Gasteiger partial charge in [-0.25, -0.2) is 13.5 Å². The summed E-state index contributed by atoms with van der Waals surface area (Å²) in [5.41, 5.74) is 0.251. The van der Waals surface area contributed by atoms with Crippen molar-refractivity contribution >= 4 is 0 Å². The molecule has 0 saturated heterocycles. The fourth-order valence-corrected chi connectivity index (χ4v) is 1.16. The van der Waals surface area contributed by atoms with Gasteiger partial charge in [-0.15, -0.1) is 5.10 Å². The number of rotatable bonds is 2. The minimum atomic E-state index is -0.994. The normalized spacial score (nSPS) is 10.6. The lowest BCUT2D eigenvalue weighted by Crippen LogP contribution is -2.00. The van der Waals surface area contributed by atoms with Crippen LogP contribution >= 0.6 is 0 Å². The SMILES string of the molecule is OCc1cn(-c2cccc(F)c2F)nn1. The van der Waals surface area contributed by atoms with Gasteiger partial charge in [0.15, 0.2) is 11.6 Å². The van der Waals surface area contributed by atoms with Crippen LogP contribution in [0.2, 0.25) is 0 Å². The van der Waals surface area contributed by atoms with Crippen LogP contribution < -0.4 is 0 Å². The molecule has 0 bridgehead atoms. The number of nitrogens with zero attached hydrogens (tertiary/aromatic N) is 3. The van der Waals surface area contributed by atoms with Crippen LogP contribution in [0.5, 0.6) is 0 Å². The summed E-state index contributed by atoms with van der Waals surface area (Å²) in [4.78, 5) is 0. The Kier molecular flexibility index (Phi) is 2.42. The molecule has 0 radical (unpaired) electrons. The monoisotopic (exact) mass is 211 g/mol. The van der Waals surface area contributed by atoms with Gasteiger partial charge < -0.3 is 5.11 Å². The van der Waals surface area contributed by atoms with E-state index in [1.165, 1.54) is 18.3 Å². The predicted octanol–water partition coefficient (Wildman–Crippen LogP) is 1.04. The molecule has 4 nitrogen and oxygen atoms in total. The summed E-state index contributed by atoms with van der Waals surface area (Å²) in [6.07, 6.45) is 1.33. The van der Waals surface area contributed by atoms with Crippen molar-refractivity contribution in [3.63, 3.8) is 0 Å². The van der Waals surface area contributed by atoms with E-state index in [4.69, 9.17) is 5.11 Å². The van der Waals surface area contributed by atoms with Gasteiger partial charge >= 0.3 is 0 Å². The lowest BCUT2D eigenvalue weighted by molar-refractivity contribution is 0.276. The zero-order valence-electron chi connectivity index (χ0n) is 7.56. The second-order valence-corrected chi connectivity index (χ2v) is 2.89. The van der Waals surface area contributed by atoms with Gasteiger partial charge in [-0.1, -0.05) is 11.3 Å². The topological polar surface area (TPSA) is 50.9 Å². The summed E-state index contributed by atoms with van der Waals surface area (Å²) in [7, 11) is 0. The minimum absolute atomic E-state index is 0.0396. The van der Waals surface area contributed by atoms with Crippen molar-refractivity contribution in [2.24, 2.45) is 0 Å². The molecule has 0 aliphatic heterocycles. The van der Waals surface area contributed by atoms with Gasteiger partial charge in [-0.2, -0.15) is 0 Å². The van der Waals surface area contributed by atoms with Crippen molar-refractivity contribution in [3.05, 3.63) is 41.7 Å². The van der Waals surface area contributed by atoms with Gasteiger partial charge in [0.05, 0.1) is 12.8 Å². The predicted molar refractivity (Wildman–Crippen MR) is 47.2 cm³/mol. The first kappa shape index (κ1) is 9.72. The second-order valence-electron chi connectivity index (χ2n) is 2.89. The van der Waals surface area contributed by atoms with E-state index in [1.807, 2.05) is 0 Å². The molecule has 0 saturated carbocycles. The maximum absolute atomic E-state index is 13.3. The third-order valence-corrected chi connectivity index (χ3v) is 1.88. The molecule has 0 atom stereocenters. The number of aliphatic hydroxyl groups is 1. The van der Waals surface area contributed by atoms with Crippen molar-refractivity contribution in [1.29, 1.82) is 0 Å². The fraction of sp³-hybridized carbons (Fsp3) is 0.111. The zero-order chi connectivity index (χ0) is 10.8. The molecule has 0 aliphatic rings. The molecule has 15 heavy (non-hydrogen) atoms. The largest absolute Gasteiger partial charge is 0.390 e. The first-order valence-corrected chi connectivity index (χ1v) is 4.19. The molecule has 1 heterocycles. The molecule has 0 amide bonds. The van der Waals surface area contributed by atoms with Crippen molar-refractivity contribution in [1.82, 2.24) is 15.0 Å². The molecule has 78 valence electrons. The fourth-order valence-electron chi connectivity index (χ4n) is 1.16. The quantitative estimate of drug-likeness (QED) is 0.807. The standard InChI is InChI=1S/C9H7F2N3O/c10-7-2-1-3-8(9(7)11)14-4-6(5-15)12-13-14/h1-4,15H,5H2. The van der Waals surface area contributed by atoms with E-state index in [9.17, 15) is 8.78 Å². The summed E-state index contributed by atoms with van der Waals surface area (Å²) in [5.74, 6) is -1.94.